The van der Waals surface area contributed by atoms with Gasteiger partial charge in [-0.3, -0.25) is 14.5 Å². The Balaban J connectivity index is 1.39. The predicted octanol–water partition coefficient (Wildman–Crippen LogP) is 4.04. The van der Waals surface area contributed by atoms with Gasteiger partial charge in [-0.25, -0.2) is 5.43 Å². The second-order valence-corrected chi connectivity index (χ2v) is 9.64. The van der Waals surface area contributed by atoms with Gasteiger partial charge < -0.3 is 15.2 Å². The van der Waals surface area contributed by atoms with Crippen LogP contribution in [0.5, 0.6) is 5.75 Å². The average molecular weight is 507 g/mol. The van der Waals surface area contributed by atoms with Crippen molar-refractivity contribution in [1.29, 1.82) is 0 Å². The zero-order valence-corrected chi connectivity index (χ0v) is 21.2. The Morgan fingerprint density at radius 2 is 1.92 bits per heavy atom. The molecule has 0 spiro atoms. The number of carbonyl (C=O) groups is 2. The summed E-state index contributed by atoms with van der Waals surface area (Å²) >= 11 is 1.25. The number of amides is 2. The summed E-state index contributed by atoms with van der Waals surface area (Å²) in [5.74, 6) is 0.0694. The van der Waals surface area contributed by atoms with Gasteiger partial charge in [0.1, 0.15) is 10.6 Å². The molecule has 36 heavy (non-hydrogen) atoms. The van der Waals surface area contributed by atoms with E-state index in [0.717, 1.165) is 54.9 Å². The van der Waals surface area contributed by atoms with E-state index < -0.39 is 5.91 Å². The molecule has 3 aromatic rings. The van der Waals surface area contributed by atoms with E-state index in [1.165, 1.54) is 11.3 Å². The number of hydrazone groups is 1. The Hall–Kier alpha value is -3.53. The molecule has 1 saturated heterocycles. The zero-order valence-electron chi connectivity index (χ0n) is 20.4. The highest BCUT2D eigenvalue weighted by atomic mass is 32.1. The van der Waals surface area contributed by atoms with Gasteiger partial charge in [0, 0.05) is 25.2 Å². The molecule has 0 aliphatic carbocycles. The SMILES string of the molecule is COc1ccc(C=NNC(=O)c2scc(C)c2NC(=O)c2cccc(CN3CCC(O)CC3)c2)cc1. The highest BCUT2D eigenvalue weighted by molar-refractivity contribution is 7.13. The summed E-state index contributed by atoms with van der Waals surface area (Å²) in [6.07, 6.45) is 2.87. The third-order valence-electron chi connectivity index (χ3n) is 6.07. The van der Waals surface area contributed by atoms with Gasteiger partial charge in [0.2, 0.25) is 0 Å². The average Bonchev–Trinajstić information content (AvgIpc) is 3.25. The molecule has 0 unspecified atom stereocenters. The molecule has 188 valence electrons. The Bertz CT molecular complexity index is 1230. The number of piperidine rings is 1. The Labute approximate surface area is 214 Å². The number of likely N-dealkylation sites (tertiary alicyclic amines) is 1. The molecule has 1 fully saturated rings. The van der Waals surface area contributed by atoms with Crippen LogP contribution in [0.4, 0.5) is 5.69 Å². The highest BCUT2D eigenvalue weighted by Crippen LogP contribution is 2.28. The zero-order chi connectivity index (χ0) is 25.5. The van der Waals surface area contributed by atoms with Gasteiger partial charge in [-0.1, -0.05) is 12.1 Å². The number of thiophene rings is 1. The van der Waals surface area contributed by atoms with Gasteiger partial charge in [0.15, 0.2) is 0 Å². The number of aliphatic hydroxyl groups excluding tert-OH is 1. The van der Waals surface area contributed by atoms with E-state index >= 15 is 0 Å². The van der Waals surface area contributed by atoms with Crippen molar-refractivity contribution in [3.8, 4) is 5.75 Å². The molecule has 1 aliphatic rings. The number of nitrogens with zero attached hydrogens (tertiary/aromatic N) is 2. The van der Waals surface area contributed by atoms with Gasteiger partial charge in [0.05, 0.1) is 25.1 Å². The fourth-order valence-corrected chi connectivity index (χ4v) is 4.90. The van der Waals surface area contributed by atoms with Gasteiger partial charge in [-0.2, -0.15) is 5.10 Å². The van der Waals surface area contributed by atoms with Gasteiger partial charge in [0.25, 0.3) is 11.8 Å². The Morgan fingerprint density at radius 3 is 2.64 bits per heavy atom. The third-order valence-corrected chi connectivity index (χ3v) is 7.16. The molecule has 2 aromatic carbocycles. The summed E-state index contributed by atoms with van der Waals surface area (Å²) in [5.41, 5.74) is 6.20. The lowest BCUT2D eigenvalue weighted by Crippen LogP contribution is -2.35. The van der Waals surface area contributed by atoms with Crippen LogP contribution < -0.4 is 15.5 Å². The highest BCUT2D eigenvalue weighted by Gasteiger charge is 2.20. The predicted molar refractivity (Wildman–Crippen MR) is 142 cm³/mol. The van der Waals surface area contributed by atoms with Crippen LogP contribution in [0.15, 0.2) is 59.0 Å². The molecule has 1 aromatic heterocycles. The van der Waals surface area contributed by atoms with Gasteiger partial charge >= 0.3 is 0 Å². The Kier molecular flexibility index (Phi) is 8.48. The number of aliphatic hydroxyl groups is 1. The Morgan fingerprint density at radius 1 is 1.17 bits per heavy atom. The second kappa shape index (κ2) is 11.9. The van der Waals surface area contributed by atoms with Crippen molar-refractivity contribution >= 4 is 35.1 Å². The lowest BCUT2D eigenvalue weighted by atomic mass is 10.1. The molecule has 1 aliphatic heterocycles. The molecule has 0 saturated carbocycles. The molecule has 0 radical (unpaired) electrons. The van der Waals surface area contributed by atoms with Crippen molar-refractivity contribution in [2.24, 2.45) is 5.10 Å². The van der Waals surface area contributed by atoms with Crippen molar-refractivity contribution < 1.29 is 19.4 Å². The number of hydrogen-bond acceptors (Lipinski definition) is 7. The normalized spacial score (nSPS) is 14.6. The molecule has 3 N–H and O–H groups in total. The number of aryl methyl sites for hydroxylation is 1. The number of anilines is 1. The topological polar surface area (TPSA) is 103 Å². The number of methoxy groups -OCH3 is 1. The monoisotopic (exact) mass is 506 g/mol. The van der Waals surface area contributed by atoms with Crippen LogP contribution in [0.1, 0.15) is 49.6 Å². The van der Waals surface area contributed by atoms with E-state index in [1.807, 2.05) is 54.8 Å². The minimum absolute atomic E-state index is 0.216. The maximum Gasteiger partial charge on any atom is 0.283 e. The standard InChI is InChI=1S/C27H30N4O4S/c1-18-17-36-25(27(34)30-28-15-19-6-8-23(35-2)9-7-19)24(18)29-26(33)21-5-3-4-20(14-21)16-31-12-10-22(32)11-13-31/h3-9,14-15,17,22,32H,10-13,16H2,1-2H3,(H,29,33)(H,30,34). The molecule has 2 amide bonds. The molecule has 9 heteroatoms. The van der Waals surface area contributed by atoms with Crippen LogP contribution in [0.2, 0.25) is 0 Å². The summed E-state index contributed by atoms with van der Waals surface area (Å²) in [7, 11) is 1.60. The smallest absolute Gasteiger partial charge is 0.283 e. The van der Waals surface area contributed by atoms with Gasteiger partial charge in [-0.05, 0) is 78.2 Å². The molecular weight excluding hydrogens is 476 g/mol. The number of hydrogen-bond donors (Lipinski definition) is 3. The number of rotatable bonds is 8. The largest absolute Gasteiger partial charge is 0.497 e. The molecule has 2 heterocycles. The second-order valence-electron chi connectivity index (χ2n) is 8.76. The van der Waals surface area contributed by atoms with Crippen LogP contribution in [0.25, 0.3) is 0 Å². The number of benzene rings is 2. The van der Waals surface area contributed by atoms with E-state index in [2.05, 4.69) is 20.7 Å². The van der Waals surface area contributed by atoms with Crippen LogP contribution >= 0.6 is 11.3 Å². The molecule has 0 atom stereocenters. The maximum absolute atomic E-state index is 13.1. The van der Waals surface area contributed by atoms with E-state index in [4.69, 9.17) is 4.74 Å². The van der Waals surface area contributed by atoms with E-state index in [0.29, 0.717) is 16.1 Å². The lowest BCUT2D eigenvalue weighted by molar-refractivity contribution is 0.0792. The minimum Gasteiger partial charge on any atom is -0.497 e. The van der Waals surface area contributed by atoms with Gasteiger partial charge in [-0.15, -0.1) is 11.3 Å². The summed E-state index contributed by atoms with van der Waals surface area (Å²) in [6, 6.07) is 14.8. The van der Waals surface area contributed by atoms with Crippen LogP contribution in [-0.2, 0) is 6.54 Å². The number of nitrogens with one attached hydrogen (secondary N) is 2. The van der Waals surface area contributed by atoms with Crippen molar-refractivity contribution in [3.63, 3.8) is 0 Å². The minimum atomic E-state index is -0.394. The van der Waals surface area contributed by atoms with Crippen molar-refractivity contribution in [3.05, 3.63) is 81.0 Å². The first-order chi connectivity index (χ1) is 17.4. The van der Waals surface area contributed by atoms with E-state index in [1.54, 1.807) is 19.4 Å². The molecule has 8 nitrogen and oxygen atoms in total. The molecular formula is C27H30N4O4S. The first-order valence-corrected chi connectivity index (χ1v) is 12.7. The van der Waals surface area contributed by atoms with Crippen LogP contribution in [0, 0.1) is 6.92 Å². The lowest BCUT2D eigenvalue weighted by Gasteiger charge is -2.29. The molecule has 4 rings (SSSR count). The number of carbonyl (C=O) groups excluding carboxylic acids is 2. The summed E-state index contributed by atoms with van der Waals surface area (Å²) in [5, 5.41) is 18.5. The third kappa shape index (κ3) is 6.57. The molecule has 0 bridgehead atoms. The quantitative estimate of drug-likeness (QED) is 0.316. The van der Waals surface area contributed by atoms with E-state index in [9.17, 15) is 14.7 Å². The van der Waals surface area contributed by atoms with Crippen molar-refractivity contribution in [2.75, 3.05) is 25.5 Å². The first kappa shape index (κ1) is 25.6. The summed E-state index contributed by atoms with van der Waals surface area (Å²) < 4.78 is 5.14. The number of ether oxygens (including phenoxy) is 1. The first-order valence-electron chi connectivity index (χ1n) is 11.8. The van der Waals surface area contributed by atoms with Crippen LogP contribution in [0.3, 0.4) is 0 Å². The fourth-order valence-electron chi connectivity index (χ4n) is 4.01. The van der Waals surface area contributed by atoms with Crippen molar-refractivity contribution in [2.45, 2.75) is 32.4 Å². The summed E-state index contributed by atoms with van der Waals surface area (Å²) in [6.45, 7) is 4.26. The summed E-state index contributed by atoms with van der Waals surface area (Å²) in [4.78, 5) is 28.5. The van der Waals surface area contributed by atoms with E-state index in [-0.39, 0.29) is 12.0 Å². The maximum atomic E-state index is 13.1. The van der Waals surface area contributed by atoms with Crippen molar-refractivity contribution in [1.82, 2.24) is 10.3 Å². The van der Waals surface area contributed by atoms with Crippen LogP contribution in [-0.4, -0.2) is 54.3 Å². The fraction of sp³-hybridized carbons (Fsp3) is 0.296.